The first-order valence-corrected chi connectivity index (χ1v) is 29.7. The molecular weight excluding hydrogens is 1140 g/mol. The van der Waals surface area contributed by atoms with E-state index in [1.165, 1.54) is 29.8 Å². The van der Waals surface area contributed by atoms with Crippen molar-refractivity contribution in [1.29, 1.82) is 0 Å². The second-order valence-corrected chi connectivity index (χ2v) is 23.9. The molecule has 6 atom stereocenters. The Morgan fingerprint density at radius 3 is 1.50 bits per heavy atom. The lowest BCUT2D eigenvalue weighted by Crippen LogP contribution is -2.50. The van der Waals surface area contributed by atoms with E-state index in [-0.39, 0.29) is 68.5 Å². The fourth-order valence-electron chi connectivity index (χ4n) is 10.1. The van der Waals surface area contributed by atoms with Gasteiger partial charge in [-0.15, -0.1) is 0 Å². The number of halogens is 4. The molecule has 0 radical (unpaired) electrons. The van der Waals surface area contributed by atoms with Gasteiger partial charge in [-0.3, -0.25) is 9.80 Å². The number of ether oxygens (including phenoxy) is 5. The normalized spacial score (nSPS) is 17.0. The van der Waals surface area contributed by atoms with Crippen LogP contribution in [0.1, 0.15) is 125 Å². The molecule has 6 aromatic carbocycles. The van der Waals surface area contributed by atoms with Crippen LogP contribution in [0.3, 0.4) is 0 Å². The number of fused-ring (bicyclic) bond motifs is 2. The highest BCUT2D eigenvalue weighted by atomic mass is 19.1. The molecule has 472 valence electrons. The Bertz CT molecular complexity index is 3250. The van der Waals surface area contributed by atoms with Gasteiger partial charge in [0, 0.05) is 43.9 Å². The van der Waals surface area contributed by atoms with Gasteiger partial charge in [-0.2, -0.15) is 0 Å². The zero-order valence-corrected chi connectivity index (χ0v) is 51.3. The molecule has 3 aliphatic rings. The number of carbonyl (C=O) groups excluding carboxylic acids is 4. The van der Waals surface area contributed by atoms with Crippen molar-refractivity contribution in [2.45, 2.75) is 155 Å². The summed E-state index contributed by atoms with van der Waals surface area (Å²) < 4.78 is 81.0. The summed E-state index contributed by atoms with van der Waals surface area (Å²) in [7, 11) is 0. The van der Waals surface area contributed by atoms with E-state index in [0.29, 0.717) is 31.7 Å². The number of nitrogens with one attached hydrogen (secondary N) is 3. The Morgan fingerprint density at radius 1 is 0.591 bits per heavy atom. The van der Waals surface area contributed by atoms with Crippen molar-refractivity contribution in [1.82, 2.24) is 16.0 Å². The van der Waals surface area contributed by atoms with Gasteiger partial charge in [-0.1, -0.05) is 98.8 Å². The second kappa shape index (κ2) is 31.2. The van der Waals surface area contributed by atoms with Crippen LogP contribution >= 0.6 is 0 Å². The average Bonchev–Trinajstić information content (AvgIpc) is 3.87. The van der Waals surface area contributed by atoms with Crippen molar-refractivity contribution in [3.05, 3.63) is 201 Å². The lowest BCUT2D eigenvalue weighted by atomic mass is 9.93. The van der Waals surface area contributed by atoms with Gasteiger partial charge < -0.3 is 50.5 Å². The van der Waals surface area contributed by atoms with Gasteiger partial charge in [0.2, 0.25) is 0 Å². The maximum atomic E-state index is 13.9. The van der Waals surface area contributed by atoms with Crippen LogP contribution in [0.15, 0.2) is 133 Å². The van der Waals surface area contributed by atoms with Crippen molar-refractivity contribution in [3.8, 4) is 0 Å². The predicted octanol–water partition coefficient (Wildman–Crippen LogP) is 12.8. The van der Waals surface area contributed by atoms with Gasteiger partial charge in [0.15, 0.2) is 0 Å². The average molecular weight is 1220 g/mol. The third-order valence-electron chi connectivity index (χ3n) is 14.5. The Hall–Kier alpha value is -8.04. The van der Waals surface area contributed by atoms with E-state index in [1.54, 1.807) is 51.3 Å². The molecular formula is C68H82F4N6O10. The van der Waals surface area contributed by atoms with Gasteiger partial charge in [0.25, 0.3) is 0 Å². The van der Waals surface area contributed by atoms with Crippen molar-refractivity contribution in [2.24, 2.45) is 5.73 Å². The first kappa shape index (κ1) is 67.5. The number of benzene rings is 6. The Kier molecular flexibility index (Phi) is 23.9. The quantitative estimate of drug-likeness (QED) is 0.0329. The zero-order chi connectivity index (χ0) is 63.7. The van der Waals surface area contributed by atoms with Crippen LogP contribution in [0.5, 0.6) is 0 Å². The first-order valence-electron chi connectivity index (χ1n) is 29.7. The molecule has 0 saturated carbocycles. The molecule has 0 aromatic heterocycles. The van der Waals surface area contributed by atoms with E-state index in [0.717, 1.165) is 70.6 Å². The Balaban J connectivity index is 0.000000209. The molecule has 2 unspecified atom stereocenters. The molecule has 0 spiro atoms. The van der Waals surface area contributed by atoms with Gasteiger partial charge in [-0.25, -0.2) is 36.7 Å². The van der Waals surface area contributed by atoms with Crippen molar-refractivity contribution < 1.29 is 65.5 Å². The molecule has 9 rings (SSSR count). The summed E-state index contributed by atoms with van der Waals surface area (Å²) in [6.45, 7) is 16.6. The molecule has 6 N–H and O–H groups in total. The Labute approximate surface area is 513 Å². The number of amides is 4. The number of rotatable bonds is 17. The van der Waals surface area contributed by atoms with Crippen LogP contribution in [0.4, 0.5) is 48.1 Å². The third-order valence-corrected chi connectivity index (χ3v) is 14.5. The summed E-state index contributed by atoms with van der Waals surface area (Å²) in [5.41, 5.74) is 13.3. The minimum Gasteiger partial charge on any atom is -0.444 e. The largest absolute Gasteiger partial charge is 0.444 e. The second-order valence-electron chi connectivity index (χ2n) is 23.9. The number of hydrogen-bond acceptors (Lipinski definition) is 12. The van der Waals surface area contributed by atoms with E-state index in [9.17, 15) is 41.8 Å². The molecule has 0 bridgehead atoms. The highest BCUT2D eigenvalue weighted by molar-refractivity contribution is 5.90. The van der Waals surface area contributed by atoms with Crippen LogP contribution in [0.2, 0.25) is 0 Å². The number of hydrogen-bond donors (Lipinski definition) is 5. The lowest BCUT2D eigenvalue weighted by Gasteiger charge is -2.35. The number of epoxide rings is 1. The van der Waals surface area contributed by atoms with Crippen molar-refractivity contribution >= 4 is 35.7 Å². The molecule has 3 aliphatic heterocycles. The molecule has 3 heterocycles. The summed E-state index contributed by atoms with van der Waals surface area (Å²) in [4.78, 5) is 53.3. The van der Waals surface area contributed by atoms with E-state index >= 15 is 0 Å². The minimum absolute atomic E-state index is 0.0188. The first-order chi connectivity index (χ1) is 41.8. The topological polar surface area (TPSA) is 207 Å². The smallest absolute Gasteiger partial charge is 0.414 e. The fourth-order valence-corrected chi connectivity index (χ4v) is 10.1. The van der Waals surface area contributed by atoms with Crippen LogP contribution in [-0.4, -0.2) is 91.2 Å². The zero-order valence-electron chi connectivity index (χ0n) is 51.3. The summed E-state index contributed by atoms with van der Waals surface area (Å²) in [6, 6.07) is 36.1. The third kappa shape index (κ3) is 21.1. The van der Waals surface area contributed by atoms with Crippen molar-refractivity contribution in [2.75, 3.05) is 36.0 Å². The molecule has 0 aliphatic carbocycles. The van der Waals surface area contributed by atoms with Crippen LogP contribution in [0.25, 0.3) is 0 Å². The fraction of sp³-hybridized carbons (Fsp3) is 0.412. The molecule has 1 saturated heterocycles. The molecule has 4 amide bonds. The molecule has 16 nitrogen and oxygen atoms in total. The van der Waals surface area contributed by atoms with Gasteiger partial charge >= 0.3 is 24.4 Å². The summed E-state index contributed by atoms with van der Waals surface area (Å²) in [5, 5.41) is 20.0. The standard InChI is InChI=1S/C34H41F2N3O5.C19H22N2O2.C15H19F2NO3/c1-5-22-11-12-30-27(17-22)28(13-14-39(30)33(42)43-21-23-9-7-6-8-10-23)37-20-31(40)29(38-32(41)44-34(2,3)4)18-24-15-25(35)19-26(36)16-24;1-2-14-8-9-18-16(12-14)17(20)10-11-21(18)19(22)23-13-15-6-4-3-5-7-15;1-15(2,3)21-14(19)18-12(13-8-20-13)6-9-4-10(16)7-11(17)5-9/h6-12,15-17,19,28-29,31,37,40H,5,13-14,18,20-21H2,1-4H3,(H,38,41);3-9,12,17H,2,10-11,13,20H2,1H3;4-5,7,12-13H,6,8H2,1-3H3,(H,18,19)/t28?,29-,31+;;12-,13+/m0.0/s1. The number of aryl methyl sites for hydroxylation is 2. The van der Waals surface area contributed by atoms with Crippen LogP contribution in [-0.2, 0) is 62.6 Å². The van der Waals surface area contributed by atoms with E-state index in [2.05, 4.69) is 28.9 Å². The lowest BCUT2D eigenvalue weighted by molar-refractivity contribution is 0.0418. The SMILES string of the molecule is CC(C)(C)OC(=O)N[C@@H](Cc1cc(F)cc(F)c1)[C@H]1CO1.CCc1ccc2c(c1)C(N)CCN2C(=O)OCc1ccccc1.CCc1ccc2c(c1)C(NC[C@@H](O)[C@H](Cc1cc(F)cc(F)c1)NC(=O)OC(C)(C)C)CCN2C(=O)OCc1ccccc1. The van der Waals surface area contributed by atoms with Gasteiger partial charge in [0.05, 0.1) is 36.2 Å². The molecule has 88 heavy (non-hydrogen) atoms. The maximum Gasteiger partial charge on any atom is 0.414 e. The highest BCUT2D eigenvalue weighted by Gasteiger charge is 2.36. The van der Waals surface area contributed by atoms with E-state index < -0.39 is 64.9 Å². The number of aliphatic hydroxyl groups excluding tert-OH is 1. The molecule has 6 aromatic rings. The monoisotopic (exact) mass is 1220 g/mol. The number of nitrogens with zero attached hydrogens (tertiary/aromatic N) is 2. The number of alkyl carbamates (subject to hydrolysis) is 2. The summed E-state index contributed by atoms with van der Waals surface area (Å²) in [5.74, 6) is -2.78. The summed E-state index contributed by atoms with van der Waals surface area (Å²) in [6.07, 6.45) is -0.0628. The maximum absolute atomic E-state index is 13.9. The number of nitrogens with two attached hydrogens (primary N) is 1. The van der Waals surface area contributed by atoms with Gasteiger partial charge in [0.1, 0.15) is 53.8 Å². The molecule has 20 heteroatoms. The number of carbonyl (C=O) groups is 4. The highest BCUT2D eigenvalue weighted by Crippen LogP contribution is 2.37. The number of anilines is 2. The van der Waals surface area contributed by atoms with Gasteiger partial charge in [-0.05, 0) is 161 Å². The Morgan fingerprint density at radius 2 is 1.03 bits per heavy atom. The van der Waals surface area contributed by atoms with E-state index in [4.69, 9.17) is 29.4 Å². The molecule has 1 fully saturated rings. The van der Waals surface area contributed by atoms with E-state index in [1.807, 2.05) is 97.9 Å². The van der Waals surface area contributed by atoms with Crippen molar-refractivity contribution in [3.63, 3.8) is 0 Å². The van der Waals surface area contributed by atoms with Crippen LogP contribution in [0, 0.1) is 23.3 Å². The number of aliphatic hydroxyl groups is 1. The minimum atomic E-state index is -1.14. The predicted molar refractivity (Wildman–Crippen MR) is 329 cm³/mol. The summed E-state index contributed by atoms with van der Waals surface area (Å²) >= 11 is 0. The van der Waals surface area contributed by atoms with Crippen LogP contribution < -0.4 is 31.5 Å².